The summed E-state index contributed by atoms with van der Waals surface area (Å²) in [6, 6.07) is 12.9. The van der Waals surface area contributed by atoms with Gasteiger partial charge in [-0.25, -0.2) is 4.98 Å². The first kappa shape index (κ1) is 17.5. The largest absolute Gasteiger partial charge is 0.372 e. The molecule has 0 aliphatic carbocycles. The fourth-order valence-corrected chi connectivity index (χ4v) is 2.83. The number of benzene rings is 2. The van der Waals surface area contributed by atoms with Gasteiger partial charge in [-0.05, 0) is 50.5 Å². The van der Waals surface area contributed by atoms with E-state index < -0.39 is 0 Å². The third kappa shape index (κ3) is 3.67. The third-order valence-corrected chi connectivity index (χ3v) is 4.42. The van der Waals surface area contributed by atoms with Crippen LogP contribution in [0.4, 0.5) is 5.69 Å². The molecule has 0 radical (unpaired) electrons. The molecule has 0 aliphatic rings. The van der Waals surface area contributed by atoms with Gasteiger partial charge in [0.15, 0.2) is 0 Å². The summed E-state index contributed by atoms with van der Waals surface area (Å²) >= 11 is 5.93. The van der Waals surface area contributed by atoms with Crippen molar-refractivity contribution in [1.29, 1.82) is 0 Å². The fourth-order valence-electron chi connectivity index (χ4n) is 2.70. The standard InChI is InChI=1S/C19H21ClN4O/c1-22(2)11-12-23(3)17-6-4-5-16-18(17)21-13-24(19(16)25)15-9-7-14(20)8-10-15/h4-10,13H,11-12H2,1-3H3. The minimum absolute atomic E-state index is 0.0878. The van der Waals surface area contributed by atoms with Crippen LogP contribution in [0.5, 0.6) is 0 Å². The molecule has 130 valence electrons. The summed E-state index contributed by atoms with van der Waals surface area (Å²) in [5.74, 6) is 0. The highest BCUT2D eigenvalue weighted by molar-refractivity contribution is 6.30. The Bertz CT molecular complexity index is 934. The Labute approximate surface area is 152 Å². The molecule has 0 spiro atoms. The molecule has 0 saturated carbocycles. The lowest BCUT2D eigenvalue weighted by atomic mass is 10.2. The maximum absolute atomic E-state index is 12.9. The van der Waals surface area contributed by atoms with Crippen molar-refractivity contribution < 1.29 is 0 Å². The molecule has 3 aromatic rings. The van der Waals surface area contributed by atoms with E-state index in [9.17, 15) is 4.79 Å². The van der Waals surface area contributed by atoms with Gasteiger partial charge in [0.05, 0.1) is 16.8 Å². The molecule has 2 aromatic carbocycles. The van der Waals surface area contributed by atoms with Crippen LogP contribution in [0.15, 0.2) is 53.6 Å². The number of para-hydroxylation sites is 1. The van der Waals surface area contributed by atoms with Gasteiger partial charge in [-0.15, -0.1) is 0 Å². The van der Waals surface area contributed by atoms with Crippen LogP contribution >= 0.6 is 11.6 Å². The summed E-state index contributed by atoms with van der Waals surface area (Å²) in [6.45, 7) is 1.78. The molecule has 5 nitrogen and oxygen atoms in total. The van der Waals surface area contributed by atoms with Crippen LogP contribution in [0, 0.1) is 0 Å². The van der Waals surface area contributed by atoms with E-state index in [1.165, 1.54) is 0 Å². The number of nitrogens with zero attached hydrogens (tertiary/aromatic N) is 4. The lowest BCUT2D eigenvalue weighted by Crippen LogP contribution is -2.29. The Kier molecular flexibility index (Phi) is 5.06. The molecule has 3 rings (SSSR count). The van der Waals surface area contributed by atoms with Crippen molar-refractivity contribution in [2.75, 3.05) is 39.1 Å². The predicted molar refractivity (Wildman–Crippen MR) is 104 cm³/mol. The molecule has 1 aromatic heterocycles. The monoisotopic (exact) mass is 356 g/mol. The number of fused-ring (bicyclic) bond motifs is 1. The van der Waals surface area contributed by atoms with Gasteiger partial charge in [0.1, 0.15) is 11.8 Å². The highest BCUT2D eigenvalue weighted by Crippen LogP contribution is 2.22. The van der Waals surface area contributed by atoms with Crippen LogP contribution < -0.4 is 10.5 Å². The van der Waals surface area contributed by atoms with E-state index in [4.69, 9.17) is 11.6 Å². The molecule has 0 N–H and O–H groups in total. The smallest absolute Gasteiger partial charge is 0.265 e. The first-order chi connectivity index (χ1) is 12.0. The summed E-state index contributed by atoms with van der Waals surface area (Å²) in [7, 11) is 6.10. The van der Waals surface area contributed by atoms with Gasteiger partial charge in [0.25, 0.3) is 5.56 Å². The van der Waals surface area contributed by atoms with Crippen molar-refractivity contribution in [2.45, 2.75) is 0 Å². The van der Waals surface area contributed by atoms with Crippen molar-refractivity contribution in [1.82, 2.24) is 14.5 Å². The number of halogens is 1. The minimum Gasteiger partial charge on any atom is -0.372 e. The molecule has 0 aliphatic heterocycles. The van der Waals surface area contributed by atoms with Crippen molar-refractivity contribution in [3.8, 4) is 5.69 Å². The van der Waals surface area contributed by atoms with E-state index >= 15 is 0 Å². The number of likely N-dealkylation sites (N-methyl/N-ethyl adjacent to an activating group) is 2. The number of anilines is 1. The Morgan fingerprint density at radius 1 is 1.04 bits per heavy atom. The first-order valence-electron chi connectivity index (χ1n) is 8.09. The molecule has 6 heteroatoms. The molecular formula is C19H21ClN4O. The molecule has 0 bridgehead atoms. The van der Waals surface area contributed by atoms with E-state index in [2.05, 4.69) is 14.8 Å². The van der Waals surface area contributed by atoms with Gasteiger partial charge in [-0.3, -0.25) is 9.36 Å². The maximum Gasteiger partial charge on any atom is 0.265 e. The Morgan fingerprint density at radius 3 is 2.44 bits per heavy atom. The number of hydrogen-bond donors (Lipinski definition) is 0. The van der Waals surface area contributed by atoms with Gasteiger partial charge >= 0.3 is 0 Å². The van der Waals surface area contributed by atoms with E-state index in [1.54, 1.807) is 23.0 Å². The normalized spacial score (nSPS) is 11.2. The second kappa shape index (κ2) is 7.25. The topological polar surface area (TPSA) is 41.4 Å². The zero-order valence-electron chi connectivity index (χ0n) is 14.6. The van der Waals surface area contributed by atoms with Gasteiger partial charge in [-0.1, -0.05) is 17.7 Å². The van der Waals surface area contributed by atoms with Crippen LogP contribution in [-0.4, -0.2) is 48.7 Å². The van der Waals surface area contributed by atoms with Gasteiger partial charge in [0, 0.05) is 25.2 Å². The zero-order chi connectivity index (χ0) is 18.0. The predicted octanol–water partition coefficient (Wildman–Crippen LogP) is 3.04. The van der Waals surface area contributed by atoms with E-state index in [0.29, 0.717) is 10.4 Å². The number of rotatable bonds is 5. The van der Waals surface area contributed by atoms with E-state index in [0.717, 1.165) is 30.0 Å². The van der Waals surface area contributed by atoms with E-state index in [1.807, 2.05) is 51.5 Å². The lowest BCUT2D eigenvalue weighted by molar-refractivity contribution is 0.416. The highest BCUT2D eigenvalue weighted by Gasteiger charge is 2.12. The Hall–Kier alpha value is -2.37. The van der Waals surface area contributed by atoms with E-state index in [-0.39, 0.29) is 5.56 Å². The molecular weight excluding hydrogens is 336 g/mol. The summed E-state index contributed by atoms with van der Waals surface area (Å²) in [5.41, 5.74) is 2.34. The minimum atomic E-state index is -0.0878. The lowest BCUT2D eigenvalue weighted by Gasteiger charge is -2.22. The van der Waals surface area contributed by atoms with Crippen LogP contribution in [0.1, 0.15) is 0 Å². The number of aromatic nitrogens is 2. The zero-order valence-corrected chi connectivity index (χ0v) is 15.4. The summed E-state index contributed by atoms with van der Waals surface area (Å²) < 4.78 is 1.54. The van der Waals surface area contributed by atoms with Crippen molar-refractivity contribution in [2.24, 2.45) is 0 Å². The SMILES string of the molecule is CN(C)CCN(C)c1cccc2c(=O)n(-c3ccc(Cl)cc3)cnc12. The summed E-state index contributed by atoms with van der Waals surface area (Å²) in [5, 5.41) is 1.24. The van der Waals surface area contributed by atoms with Crippen LogP contribution in [0.3, 0.4) is 0 Å². The van der Waals surface area contributed by atoms with Crippen molar-refractivity contribution >= 4 is 28.2 Å². The summed E-state index contributed by atoms with van der Waals surface area (Å²) in [6.07, 6.45) is 1.58. The van der Waals surface area contributed by atoms with Gasteiger partial charge < -0.3 is 9.80 Å². The molecule has 0 fully saturated rings. The Morgan fingerprint density at radius 2 is 1.76 bits per heavy atom. The summed E-state index contributed by atoms with van der Waals surface area (Å²) in [4.78, 5) is 21.7. The van der Waals surface area contributed by atoms with Crippen LogP contribution in [-0.2, 0) is 0 Å². The molecule has 1 heterocycles. The fraction of sp³-hybridized carbons (Fsp3) is 0.263. The van der Waals surface area contributed by atoms with Crippen LogP contribution in [0.25, 0.3) is 16.6 Å². The highest BCUT2D eigenvalue weighted by atomic mass is 35.5. The number of hydrogen-bond acceptors (Lipinski definition) is 4. The Balaban J connectivity index is 2.05. The molecule has 0 amide bonds. The first-order valence-corrected chi connectivity index (χ1v) is 8.47. The average molecular weight is 357 g/mol. The van der Waals surface area contributed by atoms with Gasteiger partial charge in [0.2, 0.25) is 0 Å². The molecule has 0 atom stereocenters. The second-order valence-electron chi connectivity index (χ2n) is 6.29. The molecule has 25 heavy (non-hydrogen) atoms. The average Bonchev–Trinajstić information content (AvgIpc) is 2.60. The third-order valence-electron chi connectivity index (χ3n) is 4.16. The maximum atomic E-state index is 12.9. The van der Waals surface area contributed by atoms with Crippen molar-refractivity contribution in [3.05, 3.63) is 64.2 Å². The molecule has 0 unspecified atom stereocenters. The second-order valence-corrected chi connectivity index (χ2v) is 6.73. The van der Waals surface area contributed by atoms with Gasteiger partial charge in [-0.2, -0.15) is 0 Å². The van der Waals surface area contributed by atoms with Crippen LogP contribution in [0.2, 0.25) is 5.02 Å². The van der Waals surface area contributed by atoms with Crippen molar-refractivity contribution in [3.63, 3.8) is 0 Å². The quantitative estimate of drug-likeness (QED) is 0.704. The molecule has 0 saturated heterocycles.